The van der Waals surface area contributed by atoms with Gasteiger partial charge in [0.25, 0.3) is 0 Å². The van der Waals surface area contributed by atoms with Gasteiger partial charge in [-0.15, -0.1) is 0 Å². The molecule has 1 spiro atoms. The third-order valence-corrected chi connectivity index (χ3v) is 3.89. The first-order valence-corrected chi connectivity index (χ1v) is 6.61. The third-order valence-electron chi connectivity index (χ3n) is 3.89. The first-order valence-electron chi connectivity index (χ1n) is 6.61. The molecule has 0 bridgehead atoms. The van der Waals surface area contributed by atoms with E-state index in [0.29, 0.717) is 0 Å². The molecule has 0 saturated carbocycles. The van der Waals surface area contributed by atoms with Gasteiger partial charge in [-0.25, -0.2) is 0 Å². The van der Waals surface area contributed by atoms with Crippen molar-refractivity contribution in [3.05, 3.63) is 0 Å². The van der Waals surface area contributed by atoms with Gasteiger partial charge in [-0.1, -0.05) is 0 Å². The zero-order valence-electron chi connectivity index (χ0n) is 11.3. The zero-order chi connectivity index (χ0) is 12.4. The Balaban J connectivity index is 1.81. The van der Waals surface area contributed by atoms with Crippen molar-refractivity contribution in [1.82, 2.24) is 4.90 Å². The van der Waals surface area contributed by atoms with Gasteiger partial charge in [-0.3, -0.25) is 4.90 Å². The Kier molecular flexibility index (Phi) is 4.08. The van der Waals surface area contributed by atoms with E-state index < -0.39 is 0 Å². The number of hydrogen-bond donors (Lipinski definition) is 0. The van der Waals surface area contributed by atoms with Crippen LogP contribution >= 0.6 is 0 Å². The molecule has 0 unspecified atom stereocenters. The summed E-state index contributed by atoms with van der Waals surface area (Å²) in [6, 6.07) is 0. The lowest BCUT2D eigenvalue weighted by Crippen LogP contribution is -2.49. The fourth-order valence-corrected chi connectivity index (χ4v) is 2.52. The van der Waals surface area contributed by atoms with Crippen molar-refractivity contribution >= 4 is 0 Å². The van der Waals surface area contributed by atoms with Gasteiger partial charge in [0.05, 0.1) is 25.4 Å². The second-order valence-corrected chi connectivity index (χ2v) is 5.70. The maximum atomic E-state index is 5.77. The Morgan fingerprint density at radius 1 is 1.29 bits per heavy atom. The van der Waals surface area contributed by atoms with Crippen LogP contribution in [0.1, 0.15) is 33.1 Å². The van der Waals surface area contributed by atoms with Gasteiger partial charge in [0.1, 0.15) is 0 Å². The van der Waals surface area contributed by atoms with Crippen LogP contribution in [0.5, 0.6) is 0 Å². The number of nitrogens with zero attached hydrogens (tertiary/aromatic N) is 1. The summed E-state index contributed by atoms with van der Waals surface area (Å²) in [7, 11) is 1.78. The smallest absolute Gasteiger partial charge is 0.181 e. The van der Waals surface area contributed by atoms with Gasteiger partial charge in [0.2, 0.25) is 0 Å². The van der Waals surface area contributed by atoms with Crippen LogP contribution in [0.3, 0.4) is 0 Å². The van der Waals surface area contributed by atoms with Crippen LogP contribution < -0.4 is 0 Å². The Bertz CT molecular complexity index is 249. The summed E-state index contributed by atoms with van der Waals surface area (Å²) >= 11 is 0. The molecule has 2 fully saturated rings. The predicted octanol–water partition coefficient (Wildman–Crippen LogP) is 1.64. The lowest BCUT2D eigenvalue weighted by Gasteiger charge is -2.39. The van der Waals surface area contributed by atoms with Gasteiger partial charge in [0, 0.05) is 20.1 Å². The van der Waals surface area contributed by atoms with Crippen molar-refractivity contribution in [3.63, 3.8) is 0 Å². The quantitative estimate of drug-likeness (QED) is 0.751. The summed E-state index contributed by atoms with van der Waals surface area (Å²) in [6.45, 7) is 8.87. The number of hydrogen-bond acceptors (Lipinski definition) is 4. The highest BCUT2D eigenvalue weighted by molar-refractivity contribution is 4.84. The Hall–Kier alpha value is -0.160. The van der Waals surface area contributed by atoms with Crippen LogP contribution in [0.2, 0.25) is 0 Å². The topological polar surface area (TPSA) is 30.9 Å². The van der Waals surface area contributed by atoms with Crippen LogP contribution in [0, 0.1) is 0 Å². The maximum absolute atomic E-state index is 5.77. The minimum atomic E-state index is -0.296. The van der Waals surface area contributed by atoms with Crippen LogP contribution in [-0.2, 0) is 14.2 Å². The van der Waals surface area contributed by atoms with Crippen molar-refractivity contribution in [2.24, 2.45) is 0 Å². The van der Waals surface area contributed by atoms with E-state index >= 15 is 0 Å². The van der Waals surface area contributed by atoms with E-state index in [9.17, 15) is 0 Å². The van der Waals surface area contributed by atoms with Crippen molar-refractivity contribution < 1.29 is 14.2 Å². The van der Waals surface area contributed by atoms with E-state index in [0.717, 1.165) is 52.1 Å². The van der Waals surface area contributed by atoms with E-state index in [2.05, 4.69) is 18.7 Å². The van der Waals surface area contributed by atoms with Crippen molar-refractivity contribution in [2.45, 2.75) is 44.5 Å². The standard InChI is InChI=1S/C13H25NO3/c1-12(2,15-3)6-8-14-7-4-5-13(11-14)16-9-10-17-13/h4-11H2,1-3H3. The molecule has 2 rings (SSSR count). The molecule has 0 atom stereocenters. The highest BCUT2D eigenvalue weighted by Gasteiger charge is 2.40. The molecule has 0 aliphatic carbocycles. The number of piperidine rings is 1. The molecule has 2 aliphatic heterocycles. The van der Waals surface area contributed by atoms with E-state index in [-0.39, 0.29) is 11.4 Å². The van der Waals surface area contributed by atoms with E-state index in [1.54, 1.807) is 7.11 Å². The van der Waals surface area contributed by atoms with Crippen LogP contribution in [-0.4, -0.2) is 56.2 Å². The Morgan fingerprint density at radius 2 is 2.00 bits per heavy atom. The molecule has 100 valence electrons. The van der Waals surface area contributed by atoms with Crippen molar-refractivity contribution in [2.75, 3.05) is 40.0 Å². The van der Waals surface area contributed by atoms with Gasteiger partial charge < -0.3 is 14.2 Å². The Morgan fingerprint density at radius 3 is 2.65 bits per heavy atom. The molecule has 0 N–H and O–H groups in total. The van der Waals surface area contributed by atoms with E-state index in [1.165, 1.54) is 0 Å². The summed E-state index contributed by atoms with van der Waals surface area (Å²) in [6.07, 6.45) is 3.24. The van der Waals surface area contributed by atoms with E-state index in [1.807, 2.05) is 0 Å². The van der Waals surface area contributed by atoms with Crippen LogP contribution in [0.25, 0.3) is 0 Å². The van der Waals surface area contributed by atoms with Crippen LogP contribution in [0.15, 0.2) is 0 Å². The molecule has 4 nitrogen and oxygen atoms in total. The molecular formula is C13H25NO3. The van der Waals surface area contributed by atoms with Crippen LogP contribution in [0.4, 0.5) is 0 Å². The predicted molar refractivity (Wildman–Crippen MR) is 66.0 cm³/mol. The highest BCUT2D eigenvalue weighted by atomic mass is 16.7. The minimum absolute atomic E-state index is 0.0397. The summed E-state index contributed by atoms with van der Waals surface area (Å²) < 4.78 is 17.0. The lowest BCUT2D eigenvalue weighted by molar-refractivity contribution is -0.190. The average Bonchev–Trinajstić information content (AvgIpc) is 2.75. The fourth-order valence-electron chi connectivity index (χ4n) is 2.52. The van der Waals surface area contributed by atoms with Gasteiger partial charge in [-0.05, 0) is 33.2 Å². The number of rotatable bonds is 4. The first-order chi connectivity index (χ1) is 8.05. The van der Waals surface area contributed by atoms with Crippen molar-refractivity contribution in [3.8, 4) is 0 Å². The summed E-state index contributed by atoms with van der Waals surface area (Å²) in [5.74, 6) is -0.296. The third kappa shape index (κ3) is 3.41. The normalized spacial score (nSPS) is 25.6. The minimum Gasteiger partial charge on any atom is -0.379 e. The average molecular weight is 243 g/mol. The molecular weight excluding hydrogens is 218 g/mol. The second kappa shape index (κ2) is 5.22. The Labute approximate surface area is 104 Å². The molecule has 4 heteroatoms. The number of ether oxygens (including phenoxy) is 3. The van der Waals surface area contributed by atoms with Gasteiger partial charge in [-0.2, -0.15) is 0 Å². The monoisotopic (exact) mass is 243 g/mol. The van der Waals surface area contributed by atoms with Gasteiger partial charge >= 0.3 is 0 Å². The molecule has 0 amide bonds. The first kappa shape index (κ1) is 13.3. The molecule has 2 heterocycles. The second-order valence-electron chi connectivity index (χ2n) is 5.70. The molecule has 2 saturated heterocycles. The molecule has 0 aromatic carbocycles. The van der Waals surface area contributed by atoms with Gasteiger partial charge in [0.15, 0.2) is 5.79 Å². The maximum Gasteiger partial charge on any atom is 0.181 e. The van der Waals surface area contributed by atoms with Crippen molar-refractivity contribution in [1.29, 1.82) is 0 Å². The van der Waals surface area contributed by atoms with E-state index in [4.69, 9.17) is 14.2 Å². The highest BCUT2D eigenvalue weighted by Crippen LogP contribution is 2.30. The molecule has 0 aromatic heterocycles. The summed E-state index contributed by atoms with van der Waals surface area (Å²) in [4.78, 5) is 2.44. The summed E-state index contributed by atoms with van der Waals surface area (Å²) in [5.41, 5.74) is -0.0397. The largest absolute Gasteiger partial charge is 0.379 e. The fraction of sp³-hybridized carbons (Fsp3) is 1.00. The molecule has 0 radical (unpaired) electrons. The molecule has 0 aromatic rings. The number of likely N-dealkylation sites (tertiary alicyclic amines) is 1. The molecule has 2 aliphatic rings. The SMILES string of the molecule is COC(C)(C)CCN1CCCC2(C1)OCCO2. The lowest BCUT2D eigenvalue weighted by atomic mass is 10.0. The zero-order valence-corrected chi connectivity index (χ0v) is 11.3. The molecule has 17 heavy (non-hydrogen) atoms. The number of methoxy groups -OCH3 is 1. The summed E-state index contributed by atoms with van der Waals surface area (Å²) in [5, 5.41) is 0.